The number of aryl methyl sites for hydroxylation is 2. The molecule has 0 aliphatic carbocycles. The number of ether oxygens (including phenoxy) is 1. The van der Waals surface area contributed by atoms with E-state index in [1.165, 1.54) is 12.1 Å². The minimum Gasteiger partial charge on any atom is -0.475 e. The van der Waals surface area contributed by atoms with E-state index >= 15 is 0 Å². The molecule has 0 spiro atoms. The summed E-state index contributed by atoms with van der Waals surface area (Å²) in [6.45, 7) is 14.7. The summed E-state index contributed by atoms with van der Waals surface area (Å²) in [6.07, 6.45) is 4.95. The predicted molar refractivity (Wildman–Crippen MR) is 200 cm³/mol. The van der Waals surface area contributed by atoms with Crippen LogP contribution in [0.25, 0.3) is 22.5 Å². The fourth-order valence-corrected chi connectivity index (χ4v) is 8.59. The number of hydrogen-bond donors (Lipinski definition) is 1. The molecule has 1 fully saturated rings. The number of hydrogen-bond acceptors (Lipinski definition) is 9. The molecule has 3 atom stereocenters. The Morgan fingerprint density at radius 2 is 1.73 bits per heavy atom. The van der Waals surface area contributed by atoms with Crippen LogP contribution in [-0.2, 0) is 15.4 Å². The van der Waals surface area contributed by atoms with Gasteiger partial charge in [0.2, 0.25) is 17.5 Å². The van der Waals surface area contributed by atoms with Crippen LogP contribution in [0.5, 0.6) is 5.88 Å². The second kappa shape index (κ2) is 13.6. The first-order valence-electron chi connectivity index (χ1n) is 18.0. The van der Waals surface area contributed by atoms with Gasteiger partial charge >= 0.3 is 0 Å². The van der Waals surface area contributed by atoms with Crippen LogP contribution in [0.15, 0.2) is 70.1 Å². The Hall–Kier alpha value is -4.84. The van der Waals surface area contributed by atoms with Crippen molar-refractivity contribution in [3.8, 4) is 17.1 Å². The molecular weight excluding hydrogens is 677 g/mol. The van der Waals surface area contributed by atoms with Crippen molar-refractivity contribution in [1.29, 1.82) is 0 Å². The molecule has 12 heteroatoms. The molecule has 5 aromatic rings. The molecule has 0 saturated carbocycles. The standard InChI is InChI=1S/C40H46N6O5S/c1-23(2)17-26-13-10-16-32(31-21-41-37-30(42-31)19-34(51-37)40(5,6)7)46-33(26)22-50-35-20-29(36-24(3)11-8-12-25(36)4)43-39(44-35)45-52(48,49)28-15-9-14-27(18-28)38(46)47/h8-9,11-12,14-15,18-21,23,26,32-33H,10,13,16-17,22H2,1-7H3,(H,43,44,45)/t26-,32-,33-/m0/s1. The van der Waals surface area contributed by atoms with Crippen molar-refractivity contribution in [3.05, 3.63) is 88.9 Å². The van der Waals surface area contributed by atoms with Crippen molar-refractivity contribution in [2.24, 2.45) is 11.8 Å². The molecular formula is C40H46N6O5S. The van der Waals surface area contributed by atoms with Gasteiger partial charge in [-0.2, -0.15) is 4.98 Å². The summed E-state index contributed by atoms with van der Waals surface area (Å²) in [7, 11) is -4.20. The van der Waals surface area contributed by atoms with Gasteiger partial charge in [-0.15, -0.1) is 0 Å². The third-order valence-corrected chi connectivity index (χ3v) is 11.4. The van der Waals surface area contributed by atoms with Crippen molar-refractivity contribution in [2.45, 2.75) is 96.5 Å². The molecule has 4 bridgehead atoms. The van der Waals surface area contributed by atoms with E-state index in [4.69, 9.17) is 14.1 Å². The summed E-state index contributed by atoms with van der Waals surface area (Å²) in [5.41, 5.74) is 5.10. The fraction of sp³-hybridized carbons (Fsp3) is 0.425. The number of anilines is 1. The van der Waals surface area contributed by atoms with Crippen LogP contribution >= 0.6 is 0 Å². The van der Waals surface area contributed by atoms with Gasteiger partial charge in [0, 0.05) is 28.7 Å². The van der Waals surface area contributed by atoms with Crippen LogP contribution in [-0.4, -0.2) is 51.8 Å². The van der Waals surface area contributed by atoms with Gasteiger partial charge in [0.15, 0.2) is 0 Å². The van der Waals surface area contributed by atoms with Gasteiger partial charge in [-0.25, -0.2) is 28.1 Å². The van der Waals surface area contributed by atoms with E-state index in [-0.39, 0.29) is 46.1 Å². The Bertz CT molecular complexity index is 2240. The number of carbonyl (C=O) groups excluding carboxylic acids is 1. The molecule has 0 radical (unpaired) electrons. The number of sulfonamides is 1. The molecule has 2 aliphatic rings. The van der Waals surface area contributed by atoms with E-state index in [2.05, 4.69) is 54.3 Å². The summed E-state index contributed by atoms with van der Waals surface area (Å²) in [5.74, 6) is 1.02. The maximum Gasteiger partial charge on any atom is 0.264 e. The molecule has 1 N–H and O–H groups in total. The SMILES string of the molecule is Cc1cccc(C)c1-c1cc2nc(n1)NS(=O)(=O)c1cccc(c1)C(=O)N1[C@H](c3cnc4oc(C(C)(C)C)cc4n3)CCC[C@@H](CC(C)C)[C@@H]1CO2. The van der Waals surface area contributed by atoms with Gasteiger partial charge in [-0.3, -0.25) is 4.79 Å². The van der Waals surface area contributed by atoms with Crippen LogP contribution < -0.4 is 9.46 Å². The number of benzene rings is 2. The molecule has 3 aromatic heterocycles. The molecule has 2 aliphatic heterocycles. The van der Waals surface area contributed by atoms with Gasteiger partial charge < -0.3 is 14.1 Å². The van der Waals surface area contributed by atoms with Crippen molar-refractivity contribution in [3.63, 3.8) is 0 Å². The zero-order valence-corrected chi connectivity index (χ0v) is 31.6. The number of nitrogens with zero attached hydrogens (tertiary/aromatic N) is 5. The van der Waals surface area contributed by atoms with Crippen molar-refractivity contribution in [1.82, 2.24) is 24.8 Å². The van der Waals surface area contributed by atoms with E-state index < -0.39 is 22.1 Å². The van der Waals surface area contributed by atoms with E-state index in [1.807, 2.05) is 43.0 Å². The summed E-state index contributed by atoms with van der Waals surface area (Å²) < 4.78 is 43.0. The van der Waals surface area contributed by atoms with Crippen molar-refractivity contribution >= 4 is 33.1 Å². The number of nitrogens with one attached hydrogen (secondary N) is 1. The highest BCUT2D eigenvalue weighted by Gasteiger charge is 2.41. The monoisotopic (exact) mass is 722 g/mol. The first-order valence-corrected chi connectivity index (χ1v) is 19.5. The molecule has 52 heavy (non-hydrogen) atoms. The van der Waals surface area contributed by atoms with E-state index in [1.54, 1.807) is 24.4 Å². The number of fused-ring (bicyclic) bond motifs is 6. The number of carbonyl (C=O) groups is 1. The highest BCUT2D eigenvalue weighted by atomic mass is 32.2. The Balaban J connectivity index is 1.41. The van der Waals surface area contributed by atoms with Crippen molar-refractivity contribution in [2.75, 3.05) is 11.3 Å². The van der Waals surface area contributed by atoms with E-state index in [9.17, 15) is 13.2 Å². The van der Waals surface area contributed by atoms with Crippen LogP contribution in [0.2, 0.25) is 0 Å². The Morgan fingerprint density at radius 3 is 2.46 bits per heavy atom. The second-order valence-electron chi connectivity index (χ2n) is 15.6. The molecule has 272 valence electrons. The van der Waals surface area contributed by atoms with E-state index in [0.29, 0.717) is 35.0 Å². The van der Waals surface area contributed by atoms with Crippen molar-refractivity contribution < 1.29 is 22.4 Å². The second-order valence-corrected chi connectivity index (χ2v) is 17.3. The summed E-state index contributed by atoms with van der Waals surface area (Å²) in [5, 5.41) is 0. The number of amides is 1. The first kappa shape index (κ1) is 35.6. The maximum absolute atomic E-state index is 15.0. The Morgan fingerprint density at radius 1 is 0.981 bits per heavy atom. The molecule has 11 nitrogen and oxygen atoms in total. The molecule has 0 unspecified atom stereocenters. The lowest BCUT2D eigenvalue weighted by Crippen LogP contribution is -2.49. The average molecular weight is 723 g/mol. The Kier molecular flexibility index (Phi) is 9.31. The van der Waals surface area contributed by atoms with E-state index in [0.717, 1.165) is 41.7 Å². The molecule has 1 amide bonds. The van der Waals surface area contributed by atoms with Crippen LogP contribution in [0.3, 0.4) is 0 Å². The van der Waals surface area contributed by atoms with Gasteiger partial charge in [-0.1, -0.05) is 65.3 Å². The van der Waals surface area contributed by atoms with Crippen LogP contribution in [0, 0.1) is 25.7 Å². The normalized spacial score (nSPS) is 20.6. The zero-order chi connectivity index (χ0) is 36.9. The first-order chi connectivity index (χ1) is 24.7. The highest BCUT2D eigenvalue weighted by Crippen LogP contribution is 2.40. The Labute approximate surface area is 305 Å². The minimum atomic E-state index is -4.20. The maximum atomic E-state index is 15.0. The van der Waals surface area contributed by atoms with Gasteiger partial charge in [0.1, 0.15) is 17.9 Å². The van der Waals surface area contributed by atoms with Crippen LogP contribution in [0.4, 0.5) is 5.95 Å². The van der Waals surface area contributed by atoms with Crippen LogP contribution in [0.1, 0.15) is 99.3 Å². The summed E-state index contributed by atoms with van der Waals surface area (Å²) in [4.78, 5) is 35.7. The summed E-state index contributed by atoms with van der Waals surface area (Å²) in [6, 6.07) is 14.9. The highest BCUT2D eigenvalue weighted by molar-refractivity contribution is 7.92. The largest absolute Gasteiger partial charge is 0.475 e. The molecule has 5 heterocycles. The molecule has 2 aromatic carbocycles. The lowest BCUT2D eigenvalue weighted by Gasteiger charge is -2.39. The smallest absolute Gasteiger partial charge is 0.264 e. The topological polar surface area (TPSA) is 140 Å². The van der Waals surface area contributed by atoms with Gasteiger partial charge in [-0.05, 0) is 74.3 Å². The summed E-state index contributed by atoms with van der Waals surface area (Å²) >= 11 is 0. The predicted octanol–water partition coefficient (Wildman–Crippen LogP) is 8.19. The number of aromatic nitrogens is 4. The lowest BCUT2D eigenvalue weighted by atomic mass is 9.87. The third-order valence-electron chi connectivity index (χ3n) is 10.1. The van der Waals surface area contributed by atoms with Gasteiger partial charge in [0.25, 0.3) is 15.9 Å². The lowest BCUT2D eigenvalue weighted by molar-refractivity contribution is 0.0354. The minimum absolute atomic E-state index is 0.0721. The van der Waals surface area contributed by atoms with Gasteiger partial charge in [0.05, 0.1) is 34.6 Å². The number of furan rings is 1. The zero-order valence-electron chi connectivity index (χ0n) is 30.8. The molecule has 7 rings (SSSR count). The fourth-order valence-electron chi connectivity index (χ4n) is 7.60. The third kappa shape index (κ3) is 7.00. The average Bonchev–Trinajstić information content (AvgIpc) is 3.44. The quantitative estimate of drug-likeness (QED) is 0.194. The number of rotatable bonds is 4. The molecule has 1 saturated heterocycles.